The van der Waals surface area contributed by atoms with Crippen LogP contribution in [0.3, 0.4) is 0 Å². The molecule has 1 heterocycles. The average Bonchev–Trinajstić information content (AvgIpc) is 3.35. The molecule has 1 aliphatic rings. The number of amides is 2. The molecule has 1 saturated heterocycles. The van der Waals surface area contributed by atoms with Gasteiger partial charge in [-0.25, -0.2) is 13.2 Å². The number of anilines is 1. The summed E-state index contributed by atoms with van der Waals surface area (Å²) < 4.78 is 31.5. The first-order valence-electron chi connectivity index (χ1n) is 10.2. The van der Waals surface area contributed by atoms with Crippen LogP contribution in [0.15, 0.2) is 53.4 Å². The molecule has 2 aromatic rings. The highest BCUT2D eigenvalue weighted by atomic mass is 35.5. The van der Waals surface area contributed by atoms with Crippen molar-refractivity contribution in [1.82, 2.24) is 9.21 Å². The Morgan fingerprint density at radius 2 is 1.70 bits per heavy atom. The molecule has 0 radical (unpaired) electrons. The van der Waals surface area contributed by atoms with Crippen LogP contribution in [0.2, 0.25) is 5.02 Å². The molecule has 0 bridgehead atoms. The van der Waals surface area contributed by atoms with Gasteiger partial charge in [0.2, 0.25) is 15.9 Å². The van der Waals surface area contributed by atoms with Gasteiger partial charge in [0.1, 0.15) is 0 Å². The van der Waals surface area contributed by atoms with E-state index in [0.29, 0.717) is 23.8 Å². The molecule has 11 heteroatoms. The Kier molecular flexibility index (Phi) is 8.06. The lowest BCUT2D eigenvalue weighted by molar-refractivity contribution is -0.136. The van der Waals surface area contributed by atoms with Crippen molar-refractivity contribution in [2.75, 3.05) is 38.6 Å². The minimum absolute atomic E-state index is 0.0984. The van der Waals surface area contributed by atoms with Gasteiger partial charge >= 0.3 is 5.97 Å². The van der Waals surface area contributed by atoms with E-state index >= 15 is 0 Å². The zero-order chi connectivity index (χ0) is 24.0. The minimum Gasteiger partial charge on any atom is -0.452 e. The molecule has 1 N–H and O–H groups in total. The average molecular weight is 494 g/mol. The van der Waals surface area contributed by atoms with Crippen LogP contribution in [0.5, 0.6) is 0 Å². The van der Waals surface area contributed by atoms with E-state index in [2.05, 4.69) is 5.32 Å². The number of ether oxygens (including phenoxy) is 1. The zero-order valence-corrected chi connectivity index (χ0v) is 19.6. The van der Waals surface area contributed by atoms with Gasteiger partial charge in [-0.1, -0.05) is 23.7 Å². The van der Waals surface area contributed by atoms with E-state index in [9.17, 15) is 22.8 Å². The maximum Gasteiger partial charge on any atom is 0.338 e. The van der Waals surface area contributed by atoms with E-state index in [1.807, 2.05) is 0 Å². The molecule has 0 aliphatic carbocycles. The molecule has 2 aromatic carbocycles. The van der Waals surface area contributed by atoms with Gasteiger partial charge < -0.3 is 15.0 Å². The molecule has 0 aromatic heterocycles. The number of hydrogen-bond donors (Lipinski definition) is 1. The second-order valence-corrected chi connectivity index (χ2v) is 9.83. The van der Waals surface area contributed by atoms with Gasteiger partial charge in [0.05, 0.1) is 27.7 Å². The quantitative estimate of drug-likeness (QED) is 0.565. The largest absolute Gasteiger partial charge is 0.452 e. The predicted octanol–water partition coefficient (Wildman–Crippen LogP) is 2.38. The van der Waals surface area contributed by atoms with Crippen LogP contribution in [-0.2, 0) is 24.3 Å². The highest BCUT2D eigenvalue weighted by Gasteiger charge is 2.27. The number of likely N-dealkylation sites (N-methyl/N-ethyl adjacent to an activating group) is 1. The van der Waals surface area contributed by atoms with Gasteiger partial charge in [-0.05, 0) is 49.2 Å². The molecule has 1 fully saturated rings. The van der Waals surface area contributed by atoms with E-state index in [-0.39, 0.29) is 17.0 Å². The maximum absolute atomic E-state index is 12.5. The second-order valence-electron chi connectivity index (χ2n) is 7.49. The van der Waals surface area contributed by atoms with Gasteiger partial charge in [-0.2, -0.15) is 4.31 Å². The fraction of sp³-hybridized carbons (Fsp3) is 0.318. The standard InChI is InChI=1S/C22H24ClN3O6S/c1-25(14-20(27)24-19-7-3-2-6-18(19)23)21(28)15-32-22(29)16-8-10-17(11-9-16)33(30,31)26-12-4-5-13-26/h2-3,6-11H,4-5,12-15H2,1H3,(H,24,27). The number of nitrogens with one attached hydrogen (secondary N) is 1. The summed E-state index contributed by atoms with van der Waals surface area (Å²) in [4.78, 5) is 37.8. The number of carbonyl (C=O) groups excluding carboxylic acids is 3. The highest BCUT2D eigenvalue weighted by molar-refractivity contribution is 7.89. The second kappa shape index (κ2) is 10.8. The molecule has 0 saturated carbocycles. The maximum atomic E-state index is 12.5. The lowest BCUT2D eigenvalue weighted by Gasteiger charge is -2.17. The summed E-state index contributed by atoms with van der Waals surface area (Å²) in [6.07, 6.45) is 1.65. The van der Waals surface area contributed by atoms with Gasteiger partial charge in [-0.3, -0.25) is 9.59 Å². The number of sulfonamides is 1. The first kappa shape index (κ1) is 24.7. The van der Waals surface area contributed by atoms with Crippen molar-refractivity contribution in [3.8, 4) is 0 Å². The fourth-order valence-corrected chi connectivity index (χ4v) is 4.92. The van der Waals surface area contributed by atoms with E-state index in [1.54, 1.807) is 24.3 Å². The Bertz CT molecular complexity index is 1130. The molecule has 0 atom stereocenters. The van der Waals surface area contributed by atoms with Crippen LogP contribution < -0.4 is 5.32 Å². The van der Waals surface area contributed by atoms with Crippen LogP contribution >= 0.6 is 11.6 Å². The summed E-state index contributed by atoms with van der Waals surface area (Å²) in [7, 11) is -2.18. The zero-order valence-electron chi connectivity index (χ0n) is 18.0. The van der Waals surface area contributed by atoms with Crippen LogP contribution in [0.25, 0.3) is 0 Å². The number of carbonyl (C=O) groups is 3. The number of hydrogen-bond acceptors (Lipinski definition) is 6. The van der Waals surface area contributed by atoms with Crippen LogP contribution in [-0.4, -0.2) is 68.7 Å². The molecule has 9 nitrogen and oxygen atoms in total. The van der Waals surface area contributed by atoms with Crippen molar-refractivity contribution < 1.29 is 27.5 Å². The monoisotopic (exact) mass is 493 g/mol. The van der Waals surface area contributed by atoms with E-state index in [1.165, 1.54) is 35.6 Å². The predicted molar refractivity (Wildman–Crippen MR) is 122 cm³/mol. The molecular weight excluding hydrogens is 470 g/mol. The van der Waals surface area contributed by atoms with Gasteiger partial charge in [0, 0.05) is 20.1 Å². The van der Waals surface area contributed by atoms with Crippen LogP contribution in [0.4, 0.5) is 5.69 Å². The third-order valence-corrected chi connectivity index (χ3v) is 7.32. The fourth-order valence-electron chi connectivity index (χ4n) is 3.22. The molecule has 33 heavy (non-hydrogen) atoms. The Morgan fingerprint density at radius 1 is 1.06 bits per heavy atom. The number of benzene rings is 2. The van der Waals surface area contributed by atoms with Crippen LogP contribution in [0.1, 0.15) is 23.2 Å². The number of para-hydroxylation sites is 1. The third kappa shape index (κ3) is 6.31. The van der Waals surface area contributed by atoms with Crippen molar-refractivity contribution in [3.05, 3.63) is 59.1 Å². The summed E-state index contributed by atoms with van der Waals surface area (Å²) in [6.45, 7) is 0.142. The lowest BCUT2D eigenvalue weighted by Crippen LogP contribution is -2.37. The number of rotatable bonds is 8. The number of esters is 1. The lowest BCUT2D eigenvalue weighted by atomic mass is 10.2. The molecule has 1 aliphatic heterocycles. The van der Waals surface area contributed by atoms with Crippen molar-refractivity contribution in [3.63, 3.8) is 0 Å². The van der Waals surface area contributed by atoms with Gasteiger partial charge in [0.15, 0.2) is 6.61 Å². The normalized spacial score (nSPS) is 14.0. The van der Waals surface area contributed by atoms with Crippen LogP contribution in [0, 0.1) is 0 Å². The van der Waals surface area contributed by atoms with Gasteiger partial charge in [-0.15, -0.1) is 0 Å². The Morgan fingerprint density at radius 3 is 2.33 bits per heavy atom. The smallest absolute Gasteiger partial charge is 0.338 e. The molecular formula is C22H24ClN3O6S. The Labute approximate surface area is 197 Å². The van der Waals surface area contributed by atoms with Crippen molar-refractivity contribution in [2.24, 2.45) is 0 Å². The van der Waals surface area contributed by atoms with E-state index < -0.39 is 34.4 Å². The van der Waals surface area contributed by atoms with E-state index in [0.717, 1.165) is 17.7 Å². The first-order chi connectivity index (χ1) is 15.7. The molecule has 3 rings (SSSR count). The summed E-state index contributed by atoms with van der Waals surface area (Å²) in [5.74, 6) is -1.81. The summed E-state index contributed by atoms with van der Waals surface area (Å²) in [5.41, 5.74) is 0.536. The topological polar surface area (TPSA) is 113 Å². The van der Waals surface area contributed by atoms with E-state index in [4.69, 9.17) is 16.3 Å². The summed E-state index contributed by atoms with van der Waals surface area (Å²) in [5, 5.41) is 2.97. The SMILES string of the molecule is CN(CC(=O)Nc1ccccc1Cl)C(=O)COC(=O)c1ccc(S(=O)(=O)N2CCCC2)cc1. The molecule has 176 valence electrons. The van der Waals surface area contributed by atoms with Gasteiger partial charge in [0.25, 0.3) is 5.91 Å². The van der Waals surface area contributed by atoms with Crippen molar-refractivity contribution in [2.45, 2.75) is 17.7 Å². The molecule has 0 unspecified atom stereocenters. The van der Waals surface area contributed by atoms with Crippen molar-refractivity contribution >= 4 is 45.1 Å². The number of nitrogens with zero attached hydrogens (tertiary/aromatic N) is 2. The highest BCUT2D eigenvalue weighted by Crippen LogP contribution is 2.22. The first-order valence-corrected chi connectivity index (χ1v) is 12.1. The summed E-state index contributed by atoms with van der Waals surface area (Å²) in [6, 6.07) is 12.1. The minimum atomic E-state index is -3.58. The molecule has 0 spiro atoms. The summed E-state index contributed by atoms with van der Waals surface area (Å²) >= 11 is 5.99. The molecule has 2 amide bonds. The number of halogens is 1. The van der Waals surface area contributed by atoms with Crippen molar-refractivity contribution in [1.29, 1.82) is 0 Å². The Balaban J connectivity index is 1.49. The Hall–Kier alpha value is -2.95. The third-order valence-electron chi connectivity index (χ3n) is 5.07.